The Labute approximate surface area is 361 Å². The number of carbonyl (C=O) groups is 1. The molecular weight excluding hydrogens is 693 g/mol. The number of hydrogen-bond acceptors (Lipinski definition) is 2. The van der Waals surface area contributed by atoms with Crippen LogP contribution in [-0.4, -0.2) is 12.6 Å². The van der Waals surface area contributed by atoms with Crippen molar-refractivity contribution in [1.29, 1.82) is 0 Å². The van der Waals surface area contributed by atoms with Crippen molar-refractivity contribution in [2.45, 2.75) is 328 Å². The van der Waals surface area contributed by atoms with Crippen LogP contribution in [-0.2, 0) is 9.53 Å². The molecule has 0 fully saturated rings. The van der Waals surface area contributed by atoms with Gasteiger partial charge in [0.05, 0.1) is 6.61 Å². The van der Waals surface area contributed by atoms with E-state index >= 15 is 0 Å². The Hall–Kier alpha value is -0.790. The summed E-state index contributed by atoms with van der Waals surface area (Å²) in [5.74, 6) is 0.0310. The van der Waals surface area contributed by atoms with Gasteiger partial charge in [-0.15, -0.1) is 0 Å². The first kappa shape index (κ1) is 56.2. The zero-order valence-electron chi connectivity index (χ0n) is 39.8. The van der Waals surface area contributed by atoms with E-state index < -0.39 is 0 Å². The highest BCUT2D eigenvalue weighted by Crippen LogP contribution is 2.18. The minimum absolute atomic E-state index is 0.0310. The van der Waals surface area contributed by atoms with E-state index in [2.05, 4.69) is 26.0 Å². The molecular formula is C55H108O2. The van der Waals surface area contributed by atoms with Crippen LogP contribution in [0.3, 0.4) is 0 Å². The van der Waals surface area contributed by atoms with Crippen LogP contribution in [0.4, 0.5) is 0 Å². The molecule has 2 heteroatoms. The van der Waals surface area contributed by atoms with Gasteiger partial charge in [0.2, 0.25) is 0 Å². The lowest BCUT2D eigenvalue weighted by molar-refractivity contribution is -0.143. The number of rotatable bonds is 51. The maximum absolute atomic E-state index is 12.1. The predicted octanol–water partition coefficient (Wildman–Crippen LogP) is 20.2. The molecule has 0 aliphatic heterocycles. The zero-order chi connectivity index (χ0) is 41.1. The highest BCUT2D eigenvalue weighted by atomic mass is 16.5. The molecule has 0 heterocycles. The summed E-state index contributed by atoms with van der Waals surface area (Å²) in [5.41, 5.74) is 0. The third-order valence-electron chi connectivity index (χ3n) is 12.7. The molecule has 340 valence electrons. The van der Waals surface area contributed by atoms with Gasteiger partial charge in [0.15, 0.2) is 0 Å². The van der Waals surface area contributed by atoms with E-state index in [1.54, 1.807) is 0 Å². The Morgan fingerprint density at radius 2 is 0.491 bits per heavy atom. The van der Waals surface area contributed by atoms with Gasteiger partial charge in [-0.05, 0) is 38.5 Å². The second kappa shape index (κ2) is 53.2. The number of esters is 1. The lowest BCUT2D eigenvalue weighted by Crippen LogP contribution is -2.05. The van der Waals surface area contributed by atoms with Crippen molar-refractivity contribution in [1.82, 2.24) is 0 Å². The third-order valence-corrected chi connectivity index (χ3v) is 12.7. The molecule has 0 saturated carbocycles. The maximum atomic E-state index is 12.1. The van der Waals surface area contributed by atoms with Gasteiger partial charge in [-0.2, -0.15) is 0 Å². The van der Waals surface area contributed by atoms with E-state index in [1.165, 1.54) is 295 Å². The summed E-state index contributed by atoms with van der Waals surface area (Å²) in [5, 5.41) is 0. The first-order valence-electron chi connectivity index (χ1n) is 27.1. The SMILES string of the molecule is CCCCCCCCC=CCCCCCCCCCCCCCC(=O)OCCCCCCCCCCCCCCCCCCCCCCCCCCCCCCC. The first-order valence-corrected chi connectivity index (χ1v) is 27.1. The van der Waals surface area contributed by atoms with Crippen LogP contribution >= 0.6 is 0 Å². The molecule has 0 amide bonds. The summed E-state index contributed by atoms with van der Waals surface area (Å²) in [6.07, 6.45) is 72.3. The van der Waals surface area contributed by atoms with E-state index in [9.17, 15) is 4.79 Å². The fourth-order valence-corrected chi connectivity index (χ4v) is 8.61. The monoisotopic (exact) mass is 801 g/mol. The molecule has 0 unspecified atom stereocenters. The number of allylic oxidation sites excluding steroid dienone is 2. The molecule has 0 rings (SSSR count). The average Bonchev–Trinajstić information content (AvgIpc) is 3.22. The van der Waals surface area contributed by atoms with Gasteiger partial charge in [0.25, 0.3) is 0 Å². The van der Waals surface area contributed by atoms with Gasteiger partial charge in [-0.1, -0.05) is 296 Å². The summed E-state index contributed by atoms with van der Waals surface area (Å²) < 4.78 is 5.50. The first-order chi connectivity index (χ1) is 28.3. The van der Waals surface area contributed by atoms with Gasteiger partial charge in [0.1, 0.15) is 0 Å². The van der Waals surface area contributed by atoms with Crippen LogP contribution in [0, 0.1) is 0 Å². The molecule has 0 aromatic rings. The fraction of sp³-hybridized carbons (Fsp3) is 0.945. The van der Waals surface area contributed by atoms with Crippen LogP contribution in [0.15, 0.2) is 12.2 Å². The average molecular weight is 801 g/mol. The summed E-state index contributed by atoms with van der Waals surface area (Å²) in [6.45, 7) is 5.23. The minimum atomic E-state index is 0.0310. The molecule has 0 aromatic heterocycles. The largest absolute Gasteiger partial charge is 0.466 e. The lowest BCUT2D eigenvalue weighted by Gasteiger charge is -2.06. The lowest BCUT2D eigenvalue weighted by atomic mass is 10.0. The predicted molar refractivity (Wildman–Crippen MR) is 258 cm³/mol. The molecule has 57 heavy (non-hydrogen) atoms. The van der Waals surface area contributed by atoms with E-state index in [0.29, 0.717) is 13.0 Å². The van der Waals surface area contributed by atoms with Gasteiger partial charge in [-0.25, -0.2) is 0 Å². The van der Waals surface area contributed by atoms with Gasteiger partial charge >= 0.3 is 5.97 Å². The topological polar surface area (TPSA) is 26.3 Å². The molecule has 0 N–H and O–H groups in total. The number of carbonyl (C=O) groups excluding carboxylic acids is 1. The highest BCUT2D eigenvalue weighted by molar-refractivity contribution is 5.69. The molecule has 0 saturated heterocycles. The van der Waals surface area contributed by atoms with Gasteiger partial charge in [0, 0.05) is 6.42 Å². The fourth-order valence-electron chi connectivity index (χ4n) is 8.61. The van der Waals surface area contributed by atoms with Crippen LogP contribution in [0.2, 0.25) is 0 Å². The van der Waals surface area contributed by atoms with E-state index in [-0.39, 0.29) is 5.97 Å². The molecule has 0 spiro atoms. The van der Waals surface area contributed by atoms with Crippen LogP contribution < -0.4 is 0 Å². The Kier molecular flexibility index (Phi) is 52.5. The summed E-state index contributed by atoms with van der Waals surface area (Å²) >= 11 is 0. The second-order valence-electron chi connectivity index (χ2n) is 18.6. The Morgan fingerprint density at radius 1 is 0.281 bits per heavy atom. The standard InChI is InChI=1S/C55H108O2/c1-3-5-7-9-11-13-15-17-19-21-23-25-26-27-28-29-30-31-32-34-36-38-40-42-44-46-48-50-52-54-57-55(56)53-51-49-47-45-43-41-39-37-35-33-24-22-20-18-16-14-12-10-8-6-4-2/h18,20H,3-17,19,21-54H2,1-2H3. The molecule has 0 radical (unpaired) electrons. The molecule has 0 aromatic carbocycles. The van der Waals surface area contributed by atoms with Crippen molar-refractivity contribution in [3.63, 3.8) is 0 Å². The summed E-state index contributed by atoms with van der Waals surface area (Å²) in [4.78, 5) is 12.1. The van der Waals surface area contributed by atoms with E-state index in [0.717, 1.165) is 12.8 Å². The Morgan fingerprint density at radius 3 is 0.754 bits per heavy atom. The van der Waals surface area contributed by atoms with Crippen LogP contribution in [0.5, 0.6) is 0 Å². The van der Waals surface area contributed by atoms with Crippen molar-refractivity contribution in [2.24, 2.45) is 0 Å². The van der Waals surface area contributed by atoms with Crippen molar-refractivity contribution < 1.29 is 9.53 Å². The third kappa shape index (κ3) is 53.2. The summed E-state index contributed by atoms with van der Waals surface area (Å²) in [6, 6.07) is 0. The van der Waals surface area contributed by atoms with Crippen molar-refractivity contribution in [3.05, 3.63) is 12.2 Å². The van der Waals surface area contributed by atoms with Gasteiger partial charge < -0.3 is 4.74 Å². The molecule has 2 nitrogen and oxygen atoms in total. The van der Waals surface area contributed by atoms with Crippen LogP contribution in [0.25, 0.3) is 0 Å². The quantitative estimate of drug-likeness (QED) is 0.0348. The number of ether oxygens (including phenoxy) is 1. The molecule has 0 aliphatic rings. The number of hydrogen-bond donors (Lipinski definition) is 0. The van der Waals surface area contributed by atoms with Gasteiger partial charge in [-0.3, -0.25) is 4.79 Å². The van der Waals surface area contributed by atoms with Crippen molar-refractivity contribution in [2.75, 3.05) is 6.61 Å². The molecule has 0 aliphatic carbocycles. The highest BCUT2D eigenvalue weighted by Gasteiger charge is 2.03. The molecule has 0 bridgehead atoms. The zero-order valence-corrected chi connectivity index (χ0v) is 39.8. The van der Waals surface area contributed by atoms with E-state index in [1.807, 2.05) is 0 Å². The maximum Gasteiger partial charge on any atom is 0.305 e. The second-order valence-corrected chi connectivity index (χ2v) is 18.6. The van der Waals surface area contributed by atoms with E-state index in [4.69, 9.17) is 4.74 Å². The van der Waals surface area contributed by atoms with Crippen LogP contribution in [0.1, 0.15) is 328 Å². The van der Waals surface area contributed by atoms with Crippen molar-refractivity contribution >= 4 is 5.97 Å². The molecule has 0 atom stereocenters. The summed E-state index contributed by atoms with van der Waals surface area (Å²) in [7, 11) is 0. The Bertz CT molecular complexity index is 743. The van der Waals surface area contributed by atoms with Crippen molar-refractivity contribution in [3.8, 4) is 0 Å². The smallest absolute Gasteiger partial charge is 0.305 e. The normalized spacial score (nSPS) is 11.7. The Balaban J connectivity index is 3.16. The minimum Gasteiger partial charge on any atom is -0.466 e. The number of unbranched alkanes of at least 4 members (excludes halogenated alkanes) is 45.